The van der Waals surface area contributed by atoms with E-state index in [4.69, 9.17) is 18.9 Å². The van der Waals surface area contributed by atoms with E-state index in [0.29, 0.717) is 33.5 Å². The van der Waals surface area contributed by atoms with Gasteiger partial charge >= 0.3 is 5.97 Å². The van der Waals surface area contributed by atoms with Crippen molar-refractivity contribution in [3.8, 4) is 17.2 Å². The van der Waals surface area contributed by atoms with Crippen LogP contribution in [-0.2, 0) is 9.53 Å². The summed E-state index contributed by atoms with van der Waals surface area (Å²) >= 11 is 1.15. The molecule has 0 radical (unpaired) electrons. The SMILES string of the molecule is Cc1ccc(OCCOC(=O)c2cccnc2SCC(=O)Nc2ccc3c(c2)OCO3)cc1. The Morgan fingerprint density at radius 3 is 2.73 bits per heavy atom. The van der Waals surface area contributed by atoms with Gasteiger partial charge in [0.2, 0.25) is 12.7 Å². The molecule has 0 atom stereocenters. The highest BCUT2D eigenvalue weighted by Crippen LogP contribution is 2.34. The maximum Gasteiger partial charge on any atom is 0.341 e. The monoisotopic (exact) mass is 466 g/mol. The average Bonchev–Trinajstić information content (AvgIpc) is 3.30. The molecule has 0 spiro atoms. The summed E-state index contributed by atoms with van der Waals surface area (Å²) in [5.41, 5.74) is 2.03. The van der Waals surface area contributed by atoms with Gasteiger partial charge in [0.1, 0.15) is 24.0 Å². The largest absolute Gasteiger partial charge is 0.490 e. The Balaban J connectivity index is 1.26. The molecule has 9 heteroatoms. The van der Waals surface area contributed by atoms with Crippen molar-refractivity contribution >= 4 is 29.3 Å². The number of hydrogen-bond acceptors (Lipinski definition) is 8. The van der Waals surface area contributed by atoms with Crippen LogP contribution in [0.25, 0.3) is 0 Å². The number of rotatable bonds is 9. The number of benzene rings is 2. The number of amides is 1. The first kappa shape index (κ1) is 22.5. The number of aryl methyl sites for hydroxylation is 1. The van der Waals surface area contributed by atoms with Crippen molar-refractivity contribution in [1.82, 2.24) is 4.98 Å². The Morgan fingerprint density at radius 2 is 1.88 bits per heavy atom. The molecule has 33 heavy (non-hydrogen) atoms. The third kappa shape index (κ3) is 6.17. The number of pyridine rings is 1. The number of carbonyl (C=O) groups excluding carboxylic acids is 2. The Morgan fingerprint density at radius 1 is 1.06 bits per heavy atom. The van der Waals surface area contributed by atoms with Crippen LogP contribution in [0, 0.1) is 6.92 Å². The normalized spacial score (nSPS) is 11.7. The number of carbonyl (C=O) groups is 2. The molecule has 0 aliphatic carbocycles. The molecule has 2 heterocycles. The van der Waals surface area contributed by atoms with Crippen molar-refractivity contribution in [1.29, 1.82) is 0 Å². The topological polar surface area (TPSA) is 96.0 Å². The maximum absolute atomic E-state index is 12.5. The molecule has 0 saturated heterocycles. The van der Waals surface area contributed by atoms with Crippen molar-refractivity contribution < 1.29 is 28.5 Å². The predicted octanol–water partition coefficient (Wildman–Crippen LogP) is 4.09. The fraction of sp³-hybridized carbons (Fsp3) is 0.208. The molecule has 0 fully saturated rings. The fourth-order valence-electron chi connectivity index (χ4n) is 2.97. The van der Waals surface area contributed by atoms with E-state index in [0.717, 1.165) is 17.3 Å². The van der Waals surface area contributed by atoms with Gasteiger partial charge in [-0.15, -0.1) is 0 Å². The van der Waals surface area contributed by atoms with E-state index < -0.39 is 5.97 Å². The minimum Gasteiger partial charge on any atom is -0.490 e. The highest BCUT2D eigenvalue weighted by Gasteiger charge is 2.17. The first-order valence-electron chi connectivity index (χ1n) is 10.2. The highest BCUT2D eigenvalue weighted by atomic mass is 32.2. The quantitative estimate of drug-likeness (QED) is 0.286. The van der Waals surface area contributed by atoms with Crippen LogP contribution in [0.1, 0.15) is 15.9 Å². The van der Waals surface area contributed by atoms with Crippen LogP contribution in [0.4, 0.5) is 5.69 Å². The zero-order valence-electron chi connectivity index (χ0n) is 17.9. The van der Waals surface area contributed by atoms with Gasteiger partial charge < -0.3 is 24.3 Å². The maximum atomic E-state index is 12.5. The molecular formula is C24H22N2O6S. The zero-order valence-corrected chi connectivity index (χ0v) is 18.7. The van der Waals surface area contributed by atoms with Gasteiger partial charge in [0.05, 0.1) is 11.3 Å². The molecule has 1 aliphatic rings. The lowest BCUT2D eigenvalue weighted by Gasteiger charge is -2.10. The summed E-state index contributed by atoms with van der Waals surface area (Å²) < 4.78 is 21.5. The lowest BCUT2D eigenvalue weighted by Crippen LogP contribution is -2.16. The van der Waals surface area contributed by atoms with Crippen LogP contribution in [0.3, 0.4) is 0 Å². The third-order valence-corrected chi connectivity index (χ3v) is 5.60. The molecule has 0 bridgehead atoms. The zero-order chi connectivity index (χ0) is 23.0. The summed E-state index contributed by atoms with van der Waals surface area (Å²) in [6, 6.07) is 16.1. The van der Waals surface area contributed by atoms with Gasteiger partial charge in [-0.05, 0) is 43.3 Å². The highest BCUT2D eigenvalue weighted by molar-refractivity contribution is 8.00. The summed E-state index contributed by atoms with van der Waals surface area (Å²) in [4.78, 5) is 29.1. The number of nitrogens with zero attached hydrogens (tertiary/aromatic N) is 1. The van der Waals surface area contributed by atoms with E-state index in [1.54, 1.807) is 36.5 Å². The molecule has 0 saturated carbocycles. The second-order valence-corrected chi connectivity index (χ2v) is 8.02. The van der Waals surface area contributed by atoms with Gasteiger partial charge in [-0.25, -0.2) is 9.78 Å². The van der Waals surface area contributed by atoms with Crippen LogP contribution >= 0.6 is 11.8 Å². The van der Waals surface area contributed by atoms with E-state index in [1.807, 2.05) is 31.2 Å². The summed E-state index contributed by atoms with van der Waals surface area (Å²) in [6.45, 7) is 2.49. The van der Waals surface area contributed by atoms with Gasteiger partial charge in [0.25, 0.3) is 0 Å². The number of anilines is 1. The van der Waals surface area contributed by atoms with Gasteiger partial charge in [-0.2, -0.15) is 0 Å². The molecule has 2 aromatic carbocycles. The molecule has 170 valence electrons. The van der Waals surface area contributed by atoms with Gasteiger partial charge in [-0.1, -0.05) is 29.5 Å². The minimum absolute atomic E-state index is 0.0717. The summed E-state index contributed by atoms with van der Waals surface area (Å²) in [6.07, 6.45) is 1.56. The second kappa shape index (κ2) is 10.7. The van der Waals surface area contributed by atoms with E-state index in [2.05, 4.69) is 10.3 Å². The smallest absolute Gasteiger partial charge is 0.341 e. The molecule has 1 aliphatic heterocycles. The number of hydrogen-bond donors (Lipinski definition) is 1. The van der Waals surface area contributed by atoms with Crippen molar-refractivity contribution in [2.75, 3.05) is 31.1 Å². The predicted molar refractivity (Wildman–Crippen MR) is 123 cm³/mol. The Labute approximate surface area is 195 Å². The minimum atomic E-state index is -0.519. The van der Waals surface area contributed by atoms with Crippen molar-refractivity contribution in [3.05, 3.63) is 71.9 Å². The number of nitrogens with one attached hydrogen (secondary N) is 1. The molecule has 1 amide bonds. The summed E-state index contributed by atoms with van der Waals surface area (Å²) in [5, 5.41) is 3.21. The molecule has 1 N–H and O–H groups in total. The van der Waals surface area contributed by atoms with Crippen LogP contribution < -0.4 is 19.5 Å². The Kier molecular flexibility index (Phi) is 7.31. The number of fused-ring (bicyclic) bond motifs is 1. The summed E-state index contributed by atoms with van der Waals surface area (Å²) in [5.74, 6) is 1.25. The molecule has 3 aromatic rings. The van der Waals surface area contributed by atoms with Crippen LogP contribution in [0.5, 0.6) is 17.2 Å². The van der Waals surface area contributed by atoms with E-state index >= 15 is 0 Å². The molecular weight excluding hydrogens is 444 g/mol. The van der Waals surface area contributed by atoms with Gasteiger partial charge in [0, 0.05) is 18.0 Å². The number of thioether (sulfide) groups is 1. The lowest BCUT2D eigenvalue weighted by atomic mass is 10.2. The van der Waals surface area contributed by atoms with Gasteiger partial charge in [-0.3, -0.25) is 4.79 Å². The lowest BCUT2D eigenvalue weighted by molar-refractivity contribution is -0.113. The first-order chi connectivity index (χ1) is 16.1. The average molecular weight is 467 g/mol. The molecule has 0 unspecified atom stereocenters. The van der Waals surface area contributed by atoms with E-state index in [1.165, 1.54) is 0 Å². The van der Waals surface area contributed by atoms with Crippen LogP contribution in [0.2, 0.25) is 0 Å². The number of ether oxygens (including phenoxy) is 4. The Hall–Kier alpha value is -3.72. The fourth-order valence-corrected chi connectivity index (χ4v) is 3.75. The van der Waals surface area contributed by atoms with Crippen molar-refractivity contribution in [2.45, 2.75) is 11.9 Å². The molecule has 1 aromatic heterocycles. The molecule has 8 nitrogen and oxygen atoms in total. The Bertz CT molecular complexity index is 1140. The number of aromatic nitrogens is 1. The van der Waals surface area contributed by atoms with Crippen LogP contribution in [0.15, 0.2) is 65.8 Å². The van der Waals surface area contributed by atoms with Crippen molar-refractivity contribution in [2.24, 2.45) is 0 Å². The van der Waals surface area contributed by atoms with E-state index in [9.17, 15) is 9.59 Å². The van der Waals surface area contributed by atoms with Crippen LogP contribution in [-0.4, -0.2) is 42.6 Å². The standard InChI is InChI=1S/C24H22N2O6S/c1-16-4-7-18(8-5-16)29-11-12-30-24(28)19-3-2-10-25-23(19)33-14-22(27)26-17-6-9-20-21(13-17)32-15-31-20/h2-10,13H,11-12,14-15H2,1H3,(H,26,27). The first-order valence-corrected chi connectivity index (χ1v) is 11.2. The number of esters is 1. The second-order valence-electron chi connectivity index (χ2n) is 7.06. The van der Waals surface area contributed by atoms with E-state index in [-0.39, 0.29) is 31.7 Å². The molecule has 4 rings (SSSR count). The third-order valence-electron chi connectivity index (χ3n) is 4.59. The van der Waals surface area contributed by atoms with Gasteiger partial charge in [0.15, 0.2) is 11.5 Å². The van der Waals surface area contributed by atoms with Crippen molar-refractivity contribution in [3.63, 3.8) is 0 Å². The summed E-state index contributed by atoms with van der Waals surface area (Å²) in [7, 11) is 0.